The molecule has 10 nitrogen and oxygen atoms in total. The van der Waals surface area contributed by atoms with E-state index >= 15 is 0 Å². The number of fused-ring (bicyclic) bond motifs is 2. The predicted molar refractivity (Wildman–Crippen MR) is 145 cm³/mol. The van der Waals surface area contributed by atoms with Crippen molar-refractivity contribution in [2.45, 2.75) is 57.2 Å². The molecule has 0 saturated carbocycles. The second kappa shape index (κ2) is 10.1. The maximum absolute atomic E-state index is 13.7. The fourth-order valence-electron chi connectivity index (χ4n) is 5.28. The van der Waals surface area contributed by atoms with Crippen molar-refractivity contribution in [2.75, 3.05) is 22.6 Å². The van der Waals surface area contributed by atoms with Gasteiger partial charge in [-0.25, -0.2) is 20.4 Å². The van der Waals surface area contributed by atoms with Crippen molar-refractivity contribution in [1.82, 2.24) is 20.4 Å². The Bertz CT molecular complexity index is 1600. The Hall–Kier alpha value is -4.40. The molecule has 2 aliphatic rings. The van der Waals surface area contributed by atoms with E-state index in [1.165, 1.54) is 6.20 Å². The van der Waals surface area contributed by atoms with E-state index in [2.05, 4.69) is 25.7 Å². The molecule has 2 aromatic heterocycles. The Morgan fingerprint density at radius 2 is 1.79 bits per heavy atom. The van der Waals surface area contributed by atoms with Crippen LogP contribution in [0.25, 0.3) is 0 Å². The van der Waals surface area contributed by atoms with E-state index in [4.69, 9.17) is 5.73 Å². The van der Waals surface area contributed by atoms with Crippen LogP contribution in [0.4, 0.5) is 39.4 Å². The van der Waals surface area contributed by atoms with Crippen molar-refractivity contribution in [2.24, 2.45) is 5.41 Å². The summed E-state index contributed by atoms with van der Waals surface area (Å²) in [6.45, 7) is 4.17. The molecule has 1 aromatic carbocycles. The number of anilines is 3. The summed E-state index contributed by atoms with van der Waals surface area (Å²) in [6, 6.07) is 9.17. The fraction of sp³-hybridized carbons (Fsp3) is 0.393. The number of rotatable bonds is 8. The molecule has 43 heavy (non-hydrogen) atoms. The van der Waals surface area contributed by atoms with Gasteiger partial charge in [0.15, 0.2) is 5.82 Å². The first-order valence-electron chi connectivity index (χ1n) is 13.2. The maximum Gasteiger partial charge on any atom is 0.453 e. The van der Waals surface area contributed by atoms with E-state index in [0.29, 0.717) is 16.7 Å². The summed E-state index contributed by atoms with van der Waals surface area (Å²) in [5.41, 5.74) is 9.01. The second-order valence-electron chi connectivity index (χ2n) is 11.4. The SMILES string of the molecule is CC(C)(Cc1ccc([C@]2(C)C(=O)Nc3nc([C@H]4NN(CCC(F)(F)C(F)(F)F)c5ncccc54)nc(N)c32)cc1)C(=O)O. The zero-order chi connectivity index (χ0) is 31.5. The lowest BCUT2D eigenvalue weighted by Crippen LogP contribution is -2.43. The smallest absolute Gasteiger partial charge is 0.453 e. The van der Waals surface area contributed by atoms with Crippen LogP contribution in [0.3, 0.4) is 0 Å². The Balaban J connectivity index is 1.44. The van der Waals surface area contributed by atoms with Crippen molar-refractivity contribution >= 4 is 29.3 Å². The molecule has 0 spiro atoms. The van der Waals surface area contributed by atoms with Gasteiger partial charge in [-0.05, 0) is 44.4 Å². The number of alkyl halides is 5. The molecule has 0 radical (unpaired) electrons. The lowest BCUT2D eigenvalue weighted by Gasteiger charge is -2.25. The standard InChI is InChI=1S/C28H28F5N7O3/c1-25(2,24(42)43)13-14-6-8-15(9-7-14)26(3)17-19(34)36-21(37-20(17)38-23(26)41)18-16-5-4-11-35-22(16)40(39-18)12-10-27(29,30)28(31,32)33/h4-9,11,18,39H,10,12-13H2,1-3H3,(H,42,43)(H3,34,36,37,38,41)/t18-,26-/m0/s1. The van der Waals surface area contributed by atoms with E-state index in [1.807, 2.05) is 0 Å². The number of aromatic nitrogens is 3. The number of halogens is 5. The van der Waals surface area contributed by atoms with E-state index in [1.54, 1.807) is 57.2 Å². The fourth-order valence-corrected chi connectivity index (χ4v) is 5.28. The largest absolute Gasteiger partial charge is 0.481 e. The molecule has 1 amide bonds. The normalized spacial score (nSPS) is 20.1. The molecule has 3 aromatic rings. The van der Waals surface area contributed by atoms with E-state index < -0.39 is 53.8 Å². The molecule has 0 fully saturated rings. The number of hydrogen-bond acceptors (Lipinski definition) is 8. The van der Waals surface area contributed by atoms with Crippen molar-refractivity contribution in [3.63, 3.8) is 0 Å². The molecule has 0 unspecified atom stereocenters. The van der Waals surface area contributed by atoms with E-state index in [-0.39, 0.29) is 29.7 Å². The van der Waals surface area contributed by atoms with Gasteiger partial charge in [0.2, 0.25) is 5.91 Å². The molecular formula is C28H28F5N7O3. The van der Waals surface area contributed by atoms with Gasteiger partial charge in [0, 0.05) is 24.7 Å². The Labute approximate surface area is 242 Å². The van der Waals surface area contributed by atoms with Crippen LogP contribution in [0, 0.1) is 5.41 Å². The topological polar surface area (TPSA) is 146 Å². The van der Waals surface area contributed by atoms with Crippen LogP contribution >= 0.6 is 0 Å². The number of amides is 1. The minimum atomic E-state index is -5.70. The highest BCUT2D eigenvalue weighted by Gasteiger charge is 2.57. The molecule has 0 aliphatic carbocycles. The quantitative estimate of drug-likeness (QED) is 0.275. The number of hydrazine groups is 1. The number of nitrogens with two attached hydrogens (primary N) is 1. The van der Waals surface area contributed by atoms with Crippen LogP contribution < -0.4 is 21.5 Å². The summed E-state index contributed by atoms with van der Waals surface area (Å²) in [7, 11) is 0. The zero-order valence-electron chi connectivity index (χ0n) is 23.3. The number of pyridine rings is 1. The summed E-state index contributed by atoms with van der Waals surface area (Å²) in [6.07, 6.45) is -5.57. The van der Waals surface area contributed by atoms with Crippen LogP contribution in [0.1, 0.15) is 61.3 Å². The highest BCUT2D eigenvalue weighted by atomic mass is 19.4. The first-order valence-corrected chi connectivity index (χ1v) is 13.2. The summed E-state index contributed by atoms with van der Waals surface area (Å²) in [5.74, 6) is -6.01. The Kier molecular flexibility index (Phi) is 7.07. The first-order chi connectivity index (χ1) is 20.0. The number of carbonyl (C=O) groups excluding carboxylic acids is 1. The number of carboxylic acid groups (broad SMARTS) is 1. The van der Waals surface area contributed by atoms with Gasteiger partial charge in [-0.15, -0.1) is 0 Å². The predicted octanol–water partition coefficient (Wildman–Crippen LogP) is 4.37. The molecule has 0 saturated heterocycles. The third kappa shape index (κ3) is 5.11. The molecule has 5 N–H and O–H groups in total. The molecule has 15 heteroatoms. The van der Waals surface area contributed by atoms with Gasteiger partial charge >= 0.3 is 18.1 Å². The monoisotopic (exact) mass is 605 g/mol. The van der Waals surface area contributed by atoms with Gasteiger partial charge in [-0.2, -0.15) is 22.0 Å². The van der Waals surface area contributed by atoms with Crippen LogP contribution in [0.15, 0.2) is 42.6 Å². The summed E-state index contributed by atoms with van der Waals surface area (Å²) in [5, 5.41) is 13.3. The minimum Gasteiger partial charge on any atom is -0.481 e. The third-order valence-electron chi connectivity index (χ3n) is 7.89. The number of carbonyl (C=O) groups is 2. The van der Waals surface area contributed by atoms with Crippen LogP contribution in [0.5, 0.6) is 0 Å². The molecule has 0 bridgehead atoms. The number of aliphatic carboxylic acids is 1. The highest BCUT2D eigenvalue weighted by Crippen LogP contribution is 2.46. The van der Waals surface area contributed by atoms with Gasteiger partial charge in [0.05, 0.1) is 11.0 Å². The average molecular weight is 606 g/mol. The summed E-state index contributed by atoms with van der Waals surface area (Å²) >= 11 is 0. The molecule has 2 atom stereocenters. The van der Waals surface area contributed by atoms with Crippen molar-refractivity contribution in [3.8, 4) is 0 Å². The van der Waals surface area contributed by atoms with Crippen molar-refractivity contribution < 1.29 is 36.6 Å². The van der Waals surface area contributed by atoms with Crippen molar-refractivity contribution in [1.29, 1.82) is 0 Å². The number of nitrogen functional groups attached to an aromatic ring is 1. The average Bonchev–Trinajstić information content (AvgIpc) is 3.42. The lowest BCUT2D eigenvalue weighted by atomic mass is 9.77. The van der Waals surface area contributed by atoms with Gasteiger partial charge in [-0.1, -0.05) is 30.3 Å². The van der Waals surface area contributed by atoms with Crippen LogP contribution in [0.2, 0.25) is 0 Å². The van der Waals surface area contributed by atoms with E-state index in [9.17, 15) is 36.6 Å². The zero-order valence-corrected chi connectivity index (χ0v) is 23.3. The molecule has 5 rings (SSSR count). The maximum atomic E-state index is 13.7. The minimum absolute atomic E-state index is 0.0359. The first kappa shape index (κ1) is 30.1. The Morgan fingerprint density at radius 3 is 2.42 bits per heavy atom. The molecule has 4 heterocycles. The lowest BCUT2D eigenvalue weighted by molar-refractivity contribution is -0.283. The number of carboxylic acids is 1. The van der Waals surface area contributed by atoms with Gasteiger partial charge in [0.1, 0.15) is 28.9 Å². The molecule has 2 aliphatic heterocycles. The number of nitrogens with one attached hydrogen (secondary N) is 2. The van der Waals surface area contributed by atoms with E-state index in [0.717, 1.165) is 10.6 Å². The number of benzene rings is 1. The molecule has 228 valence electrons. The second-order valence-corrected chi connectivity index (χ2v) is 11.4. The number of nitrogens with zero attached hydrogens (tertiary/aromatic N) is 4. The van der Waals surface area contributed by atoms with Gasteiger partial charge in [-0.3, -0.25) is 14.6 Å². The Morgan fingerprint density at radius 1 is 1.12 bits per heavy atom. The highest BCUT2D eigenvalue weighted by molar-refractivity contribution is 6.08. The van der Waals surface area contributed by atoms with Crippen LogP contribution in [-0.2, 0) is 21.4 Å². The summed E-state index contributed by atoms with van der Waals surface area (Å²) in [4.78, 5) is 37.9. The summed E-state index contributed by atoms with van der Waals surface area (Å²) < 4.78 is 65.6. The van der Waals surface area contributed by atoms with Gasteiger partial charge < -0.3 is 16.2 Å². The van der Waals surface area contributed by atoms with Crippen LogP contribution in [-0.4, -0.2) is 50.6 Å². The molecular weight excluding hydrogens is 577 g/mol. The number of hydrogen-bond donors (Lipinski definition) is 4. The van der Waals surface area contributed by atoms with Gasteiger partial charge in [0.25, 0.3) is 0 Å². The van der Waals surface area contributed by atoms with Crippen molar-refractivity contribution in [3.05, 3.63) is 70.7 Å². The third-order valence-corrected chi connectivity index (χ3v) is 7.89.